The zero-order valence-corrected chi connectivity index (χ0v) is 13.4. The number of amides is 2. The van der Waals surface area contributed by atoms with Crippen LogP contribution in [0.4, 0.5) is 5.69 Å². The Hall–Kier alpha value is -2.37. The van der Waals surface area contributed by atoms with Gasteiger partial charge in [-0.3, -0.25) is 14.4 Å². The molecule has 1 aromatic carbocycles. The van der Waals surface area contributed by atoms with Gasteiger partial charge in [-0.15, -0.1) is 0 Å². The lowest BCUT2D eigenvalue weighted by atomic mass is 9.80. The standard InChI is InChI=1S/C17H19NO5/c1-17(2)8-12-14(23-13(19)9-17)16(21)18(15(12)20)10-4-6-11(22-3)7-5-10/h4-7,12,14H,8-9H2,1-3H3/t12-,14+/m1/s1. The van der Waals surface area contributed by atoms with E-state index in [0.29, 0.717) is 17.9 Å². The first-order valence-corrected chi connectivity index (χ1v) is 7.54. The summed E-state index contributed by atoms with van der Waals surface area (Å²) in [6.07, 6.45) is -0.358. The van der Waals surface area contributed by atoms with Gasteiger partial charge in [-0.2, -0.15) is 0 Å². The average molecular weight is 317 g/mol. The van der Waals surface area contributed by atoms with E-state index in [1.54, 1.807) is 31.4 Å². The summed E-state index contributed by atoms with van der Waals surface area (Å²) in [5, 5.41) is 0. The highest BCUT2D eigenvalue weighted by atomic mass is 16.6. The minimum Gasteiger partial charge on any atom is -0.497 e. The second kappa shape index (κ2) is 5.37. The molecule has 2 fully saturated rings. The van der Waals surface area contributed by atoms with Crippen LogP contribution in [-0.4, -0.2) is 31.0 Å². The van der Waals surface area contributed by atoms with E-state index in [4.69, 9.17) is 9.47 Å². The van der Waals surface area contributed by atoms with Gasteiger partial charge in [0.1, 0.15) is 5.75 Å². The van der Waals surface area contributed by atoms with E-state index in [9.17, 15) is 14.4 Å². The molecular formula is C17H19NO5. The summed E-state index contributed by atoms with van der Waals surface area (Å²) in [6.45, 7) is 3.81. The summed E-state index contributed by atoms with van der Waals surface area (Å²) in [4.78, 5) is 38.4. The van der Waals surface area contributed by atoms with E-state index in [-0.39, 0.29) is 17.7 Å². The molecule has 2 atom stereocenters. The number of carbonyl (C=O) groups excluding carboxylic acids is 3. The lowest BCUT2D eigenvalue weighted by molar-refractivity contribution is -0.154. The lowest BCUT2D eigenvalue weighted by Gasteiger charge is -2.23. The number of hydrogen-bond acceptors (Lipinski definition) is 5. The van der Waals surface area contributed by atoms with Gasteiger partial charge in [-0.05, 0) is 36.1 Å². The van der Waals surface area contributed by atoms with Gasteiger partial charge >= 0.3 is 5.97 Å². The topological polar surface area (TPSA) is 72.9 Å². The normalized spacial score (nSPS) is 26.6. The van der Waals surface area contributed by atoms with Gasteiger partial charge in [0.15, 0.2) is 6.10 Å². The fourth-order valence-corrected chi connectivity index (χ4v) is 3.26. The molecule has 0 spiro atoms. The molecule has 122 valence electrons. The monoisotopic (exact) mass is 317 g/mol. The highest BCUT2D eigenvalue weighted by Gasteiger charge is 2.54. The number of nitrogens with zero attached hydrogens (tertiary/aromatic N) is 1. The van der Waals surface area contributed by atoms with Crippen LogP contribution in [-0.2, 0) is 19.1 Å². The average Bonchev–Trinajstić information content (AvgIpc) is 2.64. The molecular weight excluding hydrogens is 298 g/mol. The Bertz CT molecular complexity index is 664. The number of anilines is 1. The van der Waals surface area contributed by atoms with E-state index in [1.165, 1.54) is 0 Å². The van der Waals surface area contributed by atoms with Gasteiger partial charge in [0, 0.05) is 0 Å². The highest BCUT2D eigenvalue weighted by Crippen LogP contribution is 2.41. The predicted molar refractivity (Wildman–Crippen MR) is 81.9 cm³/mol. The van der Waals surface area contributed by atoms with Crippen molar-refractivity contribution in [3.8, 4) is 5.75 Å². The zero-order valence-electron chi connectivity index (χ0n) is 13.4. The van der Waals surface area contributed by atoms with Crippen molar-refractivity contribution in [3.05, 3.63) is 24.3 Å². The third kappa shape index (κ3) is 2.69. The Kier molecular flexibility index (Phi) is 3.62. The molecule has 0 aliphatic carbocycles. The minimum atomic E-state index is -1.01. The molecule has 23 heavy (non-hydrogen) atoms. The molecule has 0 bridgehead atoms. The van der Waals surface area contributed by atoms with Crippen LogP contribution in [0.25, 0.3) is 0 Å². The summed E-state index contributed by atoms with van der Waals surface area (Å²) >= 11 is 0. The SMILES string of the molecule is COc1ccc(N2C(=O)[C@H]3OC(=O)CC(C)(C)C[C@H]3C2=O)cc1. The molecule has 0 radical (unpaired) electrons. The maximum absolute atomic E-state index is 12.7. The van der Waals surface area contributed by atoms with Crippen LogP contribution >= 0.6 is 0 Å². The number of methoxy groups -OCH3 is 1. The van der Waals surface area contributed by atoms with Crippen molar-refractivity contribution >= 4 is 23.5 Å². The van der Waals surface area contributed by atoms with Crippen molar-refractivity contribution < 1.29 is 23.9 Å². The fourth-order valence-electron chi connectivity index (χ4n) is 3.26. The van der Waals surface area contributed by atoms with Gasteiger partial charge in [0.05, 0.1) is 25.1 Å². The number of ether oxygens (including phenoxy) is 2. The molecule has 1 aromatic rings. The molecule has 2 aliphatic rings. The van der Waals surface area contributed by atoms with E-state index in [1.807, 2.05) is 13.8 Å². The zero-order chi connectivity index (χ0) is 16.8. The highest BCUT2D eigenvalue weighted by molar-refractivity contribution is 6.23. The van der Waals surface area contributed by atoms with Crippen molar-refractivity contribution in [1.29, 1.82) is 0 Å². The Labute approximate surface area is 134 Å². The second-order valence-corrected chi connectivity index (χ2v) is 6.77. The number of carbonyl (C=O) groups is 3. The number of rotatable bonds is 2. The Balaban J connectivity index is 1.94. The largest absolute Gasteiger partial charge is 0.497 e. The third-order valence-corrected chi connectivity index (χ3v) is 4.35. The summed E-state index contributed by atoms with van der Waals surface area (Å²) in [5.74, 6) is -1.20. The smallest absolute Gasteiger partial charge is 0.307 e. The number of imide groups is 1. The van der Waals surface area contributed by atoms with E-state index in [0.717, 1.165) is 4.90 Å². The molecule has 6 nitrogen and oxygen atoms in total. The molecule has 0 saturated carbocycles. The van der Waals surface area contributed by atoms with Crippen molar-refractivity contribution in [1.82, 2.24) is 0 Å². The predicted octanol–water partition coefficient (Wildman–Crippen LogP) is 1.92. The van der Waals surface area contributed by atoms with Gasteiger partial charge in [-0.1, -0.05) is 13.8 Å². The van der Waals surface area contributed by atoms with Crippen LogP contribution in [0.3, 0.4) is 0 Å². The van der Waals surface area contributed by atoms with Crippen molar-refractivity contribution in [3.63, 3.8) is 0 Å². The first-order valence-electron chi connectivity index (χ1n) is 7.54. The van der Waals surface area contributed by atoms with Crippen molar-refractivity contribution in [2.75, 3.05) is 12.0 Å². The molecule has 2 aliphatic heterocycles. The van der Waals surface area contributed by atoms with Crippen LogP contribution in [0.1, 0.15) is 26.7 Å². The molecule has 2 amide bonds. The Morgan fingerprint density at radius 2 is 1.78 bits per heavy atom. The summed E-state index contributed by atoms with van der Waals surface area (Å²) in [7, 11) is 1.54. The van der Waals surface area contributed by atoms with E-state index < -0.39 is 23.9 Å². The van der Waals surface area contributed by atoms with E-state index in [2.05, 4.69) is 0 Å². The van der Waals surface area contributed by atoms with Crippen LogP contribution in [0.5, 0.6) is 5.75 Å². The molecule has 0 aromatic heterocycles. The number of benzene rings is 1. The van der Waals surface area contributed by atoms with Crippen LogP contribution < -0.4 is 9.64 Å². The van der Waals surface area contributed by atoms with Gasteiger partial charge in [-0.25, -0.2) is 4.90 Å². The maximum atomic E-state index is 12.7. The van der Waals surface area contributed by atoms with Crippen molar-refractivity contribution in [2.24, 2.45) is 11.3 Å². The number of hydrogen-bond donors (Lipinski definition) is 0. The lowest BCUT2D eigenvalue weighted by Crippen LogP contribution is -2.34. The fraction of sp³-hybridized carbons (Fsp3) is 0.471. The van der Waals surface area contributed by atoms with Gasteiger partial charge < -0.3 is 9.47 Å². The summed E-state index contributed by atoms with van der Waals surface area (Å²) in [5.41, 5.74) is 0.0882. The van der Waals surface area contributed by atoms with E-state index >= 15 is 0 Å². The van der Waals surface area contributed by atoms with Gasteiger partial charge in [0.25, 0.3) is 5.91 Å². The number of fused-ring (bicyclic) bond motifs is 1. The Morgan fingerprint density at radius 1 is 1.13 bits per heavy atom. The van der Waals surface area contributed by atoms with Crippen LogP contribution in [0.2, 0.25) is 0 Å². The van der Waals surface area contributed by atoms with Crippen molar-refractivity contribution in [2.45, 2.75) is 32.8 Å². The quantitative estimate of drug-likeness (QED) is 0.615. The molecule has 2 saturated heterocycles. The first-order chi connectivity index (χ1) is 10.8. The van der Waals surface area contributed by atoms with Crippen LogP contribution in [0.15, 0.2) is 24.3 Å². The second-order valence-electron chi connectivity index (χ2n) is 6.77. The third-order valence-electron chi connectivity index (χ3n) is 4.35. The molecule has 2 heterocycles. The molecule has 6 heteroatoms. The Morgan fingerprint density at radius 3 is 2.39 bits per heavy atom. The minimum absolute atomic E-state index is 0.211. The van der Waals surface area contributed by atoms with Crippen LogP contribution in [0, 0.1) is 11.3 Å². The van der Waals surface area contributed by atoms with Gasteiger partial charge in [0.2, 0.25) is 5.91 Å². The number of esters is 1. The first kappa shape index (κ1) is 15.5. The summed E-state index contributed by atoms with van der Waals surface area (Å²) < 4.78 is 10.4. The summed E-state index contributed by atoms with van der Waals surface area (Å²) in [6, 6.07) is 6.65. The molecule has 0 unspecified atom stereocenters. The molecule has 3 rings (SSSR count). The molecule has 0 N–H and O–H groups in total. The maximum Gasteiger partial charge on any atom is 0.307 e.